The second-order valence-electron chi connectivity index (χ2n) is 6.14. The van der Waals surface area contributed by atoms with E-state index in [1.54, 1.807) is 28.0 Å². The molecule has 0 saturated carbocycles. The average molecular weight is 376 g/mol. The smallest absolute Gasteiger partial charge is 0.253 e. The molecule has 7 heteroatoms. The maximum absolute atomic E-state index is 12.6. The third-order valence-electron chi connectivity index (χ3n) is 4.34. The Morgan fingerprint density at radius 3 is 2.52 bits per heavy atom. The quantitative estimate of drug-likeness (QED) is 0.815. The predicted octanol–water partition coefficient (Wildman–Crippen LogP) is 3.08. The number of primary amides is 1. The molecule has 132 valence electrons. The van der Waals surface area contributed by atoms with Gasteiger partial charge in [0.2, 0.25) is 5.91 Å². The molecule has 3 rings (SSSR count). The van der Waals surface area contributed by atoms with Gasteiger partial charge in [0.25, 0.3) is 5.91 Å². The number of amides is 2. The minimum absolute atomic E-state index is 0.0228. The van der Waals surface area contributed by atoms with Crippen LogP contribution in [-0.2, 0) is 10.5 Å². The van der Waals surface area contributed by atoms with Crippen molar-refractivity contribution < 1.29 is 9.59 Å². The van der Waals surface area contributed by atoms with Crippen molar-refractivity contribution in [2.45, 2.75) is 30.4 Å². The number of hydrogen-bond acceptors (Lipinski definition) is 5. The summed E-state index contributed by atoms with van der Waals surface area (Å²) >= 11 is 3.37. The molecule has 1 aromatic carbocycles. The fourth-order valence-corrected chi connectivity index (χ4v) is 4.38. The zero-order chi connectivity index (χ0) is 17.8. The van der Waals surface area contributed by atoms with Crippen LogP contribution in [0.2, 0.25) is 0 Å². The molecule has 0 bridgehead atoms. The summed E-state index contributed by atoms with van der Waals surface area (Å²) in [5, 5.41) is 3.16. The van der Waals surface area contributed by atoms with Gasteiger partial charge in [-0.05, 0) is 44.0 Å². The number of likely N-dealkylation sites (tertiary alicyclic amines) is 1. The van der Waals surface area contributed by atoms with Gasteiger partial charge < -0.3 is 10.6 Å². The van der Waals surface area contributed by atoms with Gasteiger partial charge >= 0.3 is 0 Å². The Hall–Kier alpha value is -1.86. The fraction of sp³-hybridized carbons (Fsp3) is 0.389. The van der Waals surface area contributed by atoms with E-state index in [9.17, 15) is 9.59 Å². The molecule has 0 radical (unpaired) electrons. The van der Waals surface area contributed by atoms with Crippen molar-refractivity contribution in [1.82, 2.24) is 9.88 Å². The summed E-state index contributed by atoms with van der Waals surface area (Å²) in [5.41, 5.74) is 7.11. The third kappa shape index (κ3) is 4.61. The molecule has 0 atom stereocenters. The van der Waals surface area contributed by atoms with Crippen molar-refractivity contribution in [3.8, 4) is 0 Å². The summed E-state index contributed by atoms with van der Waals surface area (Å²) < 4.78 is 0. The topological polar surface area (TPSA) is 76.3 Å². The summed E-state index contributed by atoms with van der Waals surface area (Å²) in [6.07, 6.45) is 1.31. The number of thiazole rings is 1. The molecule has 2 N–H and O–H groups in total. The number of carbonyl (C=O) groups is 2. The lowest BCUT2D eigenvalue weighted by Crippen LogP contribution is -2.41. The minimum Gasteiger partial charge on any atom is -0.369 e. The molecule has 1 aromatic heterocycles. The maximum Gasteiger partial charge on any atom is 0.253 e. The summed E-state index contributed by atoms with van der Waals surface area (Å²) in [6, 6.07) is 7.70. The van der Waals surface area contributed by atoms with E-state index in [0.29, 0.717) is 31.5 Å². The van der Waals surface area contributed by atoms with Crippen LogP contribution in [0.5, 0.6) is 0 Å². The second-order valence-corrected chi connectivity index (χ2v) is 8.25. The highest BCUT2D eigenvalue weighted by molar-refractivity contribution is 7.98. The first-order valence-corrected chi connectivity index (χ1v) is 10.1. The zero-order valence-electron chi connectivity index (χ0n) is 14.1. The molecule has 25 heavy (non-hydrogen) atoms. The third-order valence-corrected chi connectivity index (χ3v) is 6.21. The number of aromatic nitrogens is 1. The van der Waals surface area contributed by atoms with Crippen LogP contribution in [0, 0.1) is 12.8 Å². The van der Waals surface area contributed by atoms with Gasteiger partial charge in [-0.3, -0.25) is 9.59 Å². The maximum atomic E-state index is 12.6. The number of nitrogens with two attached hydrogens (primary N) is 1. The minimum atomic E-state index is -0.260. The number of benzene rings is 1. The van der Waals surface area contributed by atoms with Gasteiger partial charge in [-0.1, -0.05) is 0 Å². The summed E-state index contributed by atoms with van der Waals surface area (Å²) in [6.45, 7) is 3.18. The van der Waals surface area contributed by atoms with Crippen LogP contribution in [0.1, 0.15) is 33.9 Å². The number of thioether (sulfide) groups is 1. The Kier molecular flexibility index (Phi) is 5.75. The molecule has 2 aromatic rings. The second kappa shape index (κ2) is 8.01. The molecule has 5 nitrogen and oxygen atoms in total. The van der Waals surface area contributed by atoms with E-state index in [1.165, 1.54) is 0 Å². The van der Waals surface area contributed by atoms with E-state index in [0.717, 1.165) is 21.3 Å². The van der Waals surface area contributed by atoms with Gasteiger partial charge in [0, 0.05) is 40.6 Å². The van der Waals surface area contributed by atoms with E-state index in [4.69, 9.17) is 5.73 Å². The van der Waals surface area contributed by atoms with E-state index in [-0.39, 0.29) is 17.7 Å². The largest absolute Gasteiger partial charge is 0.369 e. The van der Waals surface area contributed by atoms with Crippen LogP contribution in [-0.4, -0.2) is 34.8 Å². The monoisotopic (exact) mass is 375 g/mol. The highest BCUT2D eigenvalue weighted by Crippen LogP contribution is 2.25. The van der Waals surface area contributed by atoms with Gasteiger partial charge in [-0.15, -0.1) is 23.1 Å². The van der Waals surface area contributed by atoms with Crippen LogP contribution in [0.25, 0.3) is 0 Å². The molecule has 0 unspecified atom stereocenters. The van der Waals surface area contributed by atoms with Crippen LogP contribution < -0.4 is 5.73 Å². The van der Waals surface area contributed by atoms with E-state index >= 15 is 0 Å². The summed E-state index contributed by atoms with van der Waals surface area (Å²) in [4.78, 5) is 31.2. The van der Waals surface area contributed by atoms with Gasteiger partial charge in [0.15, 0.2) is 0 Å². The van der Waals surface area contributed by atoms with Gasteiger partial charge in [0.1, 0.15) is 0 Å². The highest BCUT2D eigenvalue weighted by atomic mass is 32.2. The van der Waals surface area contributed by atoms with E-state index < -0.39 is 0 Å². The normalized spacial score (nSPS) is 15.3. The predicted molar refractivity (Wildman–Crippen MR) is 101 cm³/mol. The number of hydrogen-bond donors (Lipinski definition) is 1. The SMILES string of the molecule is Cc1nc(CSc2ccc(C(=O)N3CCC(C(N)=O)CC3)cc2)cs1. The Morgan fingerprint density at radius 2 is 1.96 bits per heavy atom. The van der Waals surface area contributed by atoms with Crippen LogP contribution in [0.3, 0.4) is 0 Å². The first-order chi connectivity index (χ1) is 12.0. The molecule has 1 aliphatic rings. The fourth-order valence-electron chi connectivity index (χ4n) is 2.88. The van der Waals surface area contributed by atoms with Gasteiger partial charge in [-0.2, -0.15) is 0 Å². The standard InChI is InChI=1S/C18H21N3O2S2/c1-12-20-15(10-24-12)11-25-16-4-2-14(3-5-16)18(23)21-8-6-13(7-9-21)17(19)22/h2-5,10,13H,6-9,11H2,1H3,(H2,19,22). The average Bonchev–Trinajstić information content (AvgIpc) is 3.05. The number of piperidine rings is 1. The Morgan fingerprint density at radius 1 is 1.28 bits per heavy atom. The zero-order valence-corrected chi connectivity index (χ0v) is 15.7. The Balaban J connectivity index is 1.54. The van der Waals surface area contributed by atoms with E-state index in [1.807, 2.05) is 31.2 Å². The van der Waals surface area contributed by atoms with Crippen molar-refractivity contribution in [1.29, 1.82) is 0 Å². The number of aryl methyl sites for hydroxylation is 1. The molecule has 2 amide bonds. The lowest BCUT2D eigenvalue weighted by atomic mass is 9.96. The molecule has 1 fully saturated rings. The molecule has 0 spiro atoms. The number of nitrogens with zero attached hydrogens (tertiary/aromatic N) is 2. The van der Waals surface area contributed by atoms with Crippen molar-refractivity contribution >= 4 is 34.9 Å². The van der Waals surface area contributed by atoms with Crippen LogP contribution in [0.4, 0.5) is 0 Å². The lowest BCUT2D eigenvalue weighted by Gasteiger charge is -2.30. The molecule has 1 saturated heterocycles. The van der Waals surface area contributed by atoms with Crippen LogP contribution >= 0.6 is 23.1 Å². The summed E-state index contributed by atoms with van der Waals surface area (Å²) in [5.74, 6) is 0.494. The highest BCUT2D eigenvalue weighted by Gasteiger charge is 2.26. The first kappa shape index (κ1) is 17.9. The molecular weight excluding hydrogens is 354 g/mol. The lowest BCUT2D eigenvalue weighted by molar-refractivity contribution is -0.123. The molecule has 1 aliphatic heterocycles. The molecule has 2 heterocycles. The van der Waals surface area contributed by atoms with Crippen molar-refractivity contribution in [2.24, 2.45) is 11.7 Å². The van der Waals surface area contributed by atoms with Crippen molar-refractivity contribution in [2.75, 3.05) is 13.1 Å². The van der Waals surface area contributed by atoms with Crippen molar-refractivity contribution in [3.63, 3.8) is 0 Å². The summed E-state index contributed by atoms with van der Waals surface area (Å²) in [7, 11) is 0. The first-order valence-electron chi connectivity index (χ1n) is 8.25. The van der Waals surface area contributed by atoms with E-state index in [2.05, 4.69) is 10.4 Å². The van der Waals surface area contributed by atoms with Gasteiger partial charge in [0.05, 0.1) is 10.7 Å². The Bertz CT molecular complexity index is 750. The molecule has 0 aliphatic carbocycles. The van der Waals surface area contributed by atoms with Gasteiger partial charge in [-0.25, -0.2) is 4.98 Å². The van der Waals surface area contributed by atoms with Crippen LogP contribution in [0.15, 0.2) is 34.5 Å². The molecular formula is C18H21N3O2S2. The number of rotatable bonds is 5. The number of carbonyl (C=O) groups excluding carboxylic acids is 2. The van der Waals surface area contributed by atoms with Crippen molar-refractivity contribution in [3.05, 3.63) is 45.9 Å². The Labute approximate surface area is 155 Å².